The lowest BCUT2D eigenvalue weighted by atomic mass is 10.3. The van der Waals surface area contributed by atoms with Crippen LogP contribution in [-0.2, 0) is 4.79 Å². The van der Waals surface area contributed by atoms with E-state index in [0.717, 1.165) is 0 Å². The standard InChI is InChI=1S/C13H20N2O3.ClH/c1-15(13(16)7-8-14)9-10-18-12-6-4-3-5-11(12)17-2;/h3-6H,7-10,14H2,1-2H3;1H. The van der Waals surface area contributed by atoms with Gasteiger partial charge in [-0.2, -0.15) is 0 Å². The number of rotatable bonds is 7. The van der Waals surface area contributed by atoms with Gasteiger partial charge in [0.15, 0.2) is 11.5 Å². The molecule has 0 atom stereocenters. The van der Waals surface area contributed by atoms with Crippen molar-refractivity contribution in [3.8, 4) is 11.5 Å². The fourth-order valence-electron chi connectivity index (χ4n) is 1.47. The van der Waals surface area contributed by atoms with E-state index in [4.69, 9.17) is 15.2 Å². The number of benzene rings is 1. The third-order valence-electron chi connectivity index (χ3n) is 2.54. The first kappa shape index (κ1) is 17.5. The number of hydrogen-bond acceptors (Lipinski definition) is 4. The van der Waals surface area contributed by atoms with Gasteiger partial charge in [0.25, 0.3) is 0 Å². The number of hydrogen-bond donors (Lipinski definition) is 1. The Morgan fingerprint density at radius 1 is 1.32 bits per heavy atom. The van der Waals surface area contributed by atoms with Crippen LogP contribution in [0.2, 0.25) is 0 Å². The van der Waals surface area contributed by atoms with Crippen LogP contribution in [0.1, 0.15) is 6.42 Å². The van der Waals surface area contributed by atoms with E-state index in [1.54, 1.807) is 19.1 Å². The van der Waals surface area contributed by atoms with Gasteiger partial charge in [0.2, 0.25) is 5.91 Å². The van der Waals surface area contributed by atoms with E-state index in [-0.39, 0.29) is 18.3 Å². The summed E-state index contributed by atoms with van der Waals surface area (Å²) in [6, 6.07) is 7.42. The van der Waals surface area contributed by atoms with Crippen molar-refractivity contribution in [1.82, 2.24) is 4.90 Å². The smallest absolute Gasteiger partial charge is 0.223 e. The molecule has 0 heterocycles. The minimum absolute atomic E-state index is 0. The number of carbonyl (C=O) groups is 1. The van der Waals surface area contributed by atoms with Gasteiger partial charge in [-0.15, -0.1) is 12.4 Å². The maximum absolute atomic E-state index is 11.5. The summed E-state index contributed by atoms with van der Waals surface area (Å²) in [6.45, 7) is 1.32. The van der Waals surface area contributed by atoms with Crippen LogP contribution in [0, 0.1) is 0 Å². The van der Waals surface area contributed by atoms with Gasteiger partial charge < -0.3 is 20.1 Å². The SMILES string of the molecule is COc1ccccc1OCCN(C)C(=O)CCN.Cl. The predicted octanol–water partition coefficient (Wildman–Crippen LogP) is 1.30. The molecule has 0 radical (unpaired) electrons. The fourth-order valence-corrected chi connectivity index (χ4v) is 1.47. The van der Waals surface area contributed by atoms with Crippen molar-refractivity contribution in [1.29, 1.82) is 0 Å². The average Bonchev–Trinajstić information content (AvgIpc) is 2.39. The van der Waals surface area contributed by atoms with Crippen LogP contribution in [0.3, 0.4) is 0 Å². The summed E-state index contributed by atoms with van der Waals surface area (Å²) in [5.74, 6) is 1.40. The van der Waals surface area contributed by atoms with Crippen LogP contribution in [0.5, 0.6) is 11.5 Å². The van der Waals surface area contributed by atoms with Crippen LogP contribution in [0.25, 0.3) is 0 Å². The van der Waals surface area contributed by atoms with Crippen molar-refractivity contribution < 1.29 is 14.3 Å². The molecule has 0 bridgehead atoms. The van der Waals surface area contributed by atoms with Gasteiger partial charge in [-0.05, 0) is 12.1 Å². The Hall–Kier alpha value is -1.46. The molecule has 1 amide bonds. The third-order valence-corrected chi connectivity index (χ3v) is 2.54. The molecule has 0 spiro atoms. The molecule has 0 aromatic heterocycles. The van der Waals surface area contributed by atoms with Gasteiger partial charge in [0.1, 0.15) is 6.61 Å². The first-order valence-corrected chi connectivity index (χ1v) is 5.89. The van der Waals surface area contributed by atoms with Gasteiger partial charge >= 0.3 is 0 Å². The molecule has 1 aromatic rings. The molecule has 1 aromatic carbocycles. The number of halogens is 1. The van der Waals surface area contributed by atoms with Gasteiger partial charge in [-0.25, -0.2) is 0 Å². The van der Waals surface area contributed by atoms with Crippen molar-refractivity contribution >= 4 is 18.3 Å². The molecule has 0 aliphatic carbocycles. The molecule has 108 valence electrons. The summed E-state index contributed by atoms with van der Waals surface area (Å²) >= 11 is 0. The zero-order chi connectivity index (χ0) is 13.4. The number of carbonyl (C=O) groups excluding carboxylic acids is 1. The Labute approximate surface area is 120 Å². The van der Waals surface area contributed by atoms with Crippen LogP contribution in [-0.4, -0.2) is 44.7 Å². The monoisotopic (exact) mass is 288 g/mol. The Kier molecular flexibility index (Phi) is 8.74. The summed E-state index contributed by atoms with van der Waals surface area (Å²) in [5, 5.41) is 0. The van der Waals surface area contributed by atoms with E-state index >= 15 is 0 Å². The summed E-state index contributed by atoms with van der Waals surface area (Å²) in [4.78, 5) is 13.1. The van der Waals surface area contributed by atoms with Crippen LogP contribution in [0.15, 0.2) is 24.3 Å². The van der Waals surface area contributed by atoms with Crippen molar-refractivity contribution in [2.75, 3.05) is 33.9 Å². The molecule has 1 rings (SSSR count). The maximum Gasteiger partial charge on any atom is 0.223 e. The van der Waals surface area contributed by atoms with E-state index in [1.807, 2.05) is 24.3 Å². The first-order valence-electron chi connectivity index (χ1n) is 5.89. The van der Waals surface area contributed by atoms with E-state index < -0.39 is 0 Å². The number of para-hydroxylation sites is 2. The Balaban J connectivity index is 0.00000324. The number of nitrogens with two attached hydrogens (primary N) is 1. The molecule has 0 aliphatic rings. The second-order valence-corrected chi connectivity index (χ2v) is 3.85. The summed E-state index contributed by atoms with van der Waals surface area (Å²) < 4.78 is 10.7. The minimum atomic E-state index is 0. The molecule has 0 fully saturated rings. The van der Waals surface area contributed by atoms with E-state index in [1.165, 1.54) is 0 Å². The molecule has 0 saturated heterocycles. The molecule has 0 aliphatic heterocycles. The normalized spacial score (nSPS) is 9.42. The van der Waals surface area contributed by atoms with E-state index in [2.05, 4.69) is 0 Å². The molecule has 0 saturated carbocycles. The average molecular weight is 289 g/mol. The number of nitrogens with zero attached hydrogens (tertiary/aromatic N) is 1. The zero-order valence-electron chi connectivity index (χ0n) is 11.3. The molecular weight excluding hydrogens is 268 g/mol. The molecule has 6 heteroatoms. The Morgan fingerprint density at radius 3 is 2.53 bits per heavy atom. The number of likely N-dealkylation sites (N-methyl/N-ethyl adjacent to an activating group) is 1. The molecule has 0 unspecified atom stereocenters. The van der Waals surface area contributed by atoms with Gasteiger partial charge in [-0.3, -0.25) is 4.79 Å². The van der Waals surface area contributed by atoms with Crippen LogP contribution >= 0.6 is 12.4 Å². The second-order valence-electron chi connectivity index (χ2n) is 3.85. The zero-order valence-corrected chi connectivity index (χ0v) is 12.1. The number of ether oxygens (including phenoxy) is 2. The highest BCUT2D eigenvalue weighted by molar-refractivity contribution is 5.85. The van der Waals surface area contributed by atoms with Crippen molar-refractivity contribution in [2.24, 2.45) is 5.73 Å². The van der Waals surface area contributed by atoms with Gasteiger partial charge in [-0.1, -0.05) is 12.1 Å². The number of amides is 1. The third kappa shape index (κ3) is 5.81. The summed E-state index contributed by atoms with van der Waals surface area (Å²) in [7, 11) is 3.34. The van der Waals surface area contributed by atoms with Crippen LogP contribution in [0.4, 0.5) is 0 Å². The molecule has 2 N–H and O–H groups in total. The lowest BCUT2D eigenvalue weighted by Gasteiger charge is -2.17. The molecular formula is C13H21ClN2O3. The maximum atomic E-state index is 11.5. The predicted molar refractivity (Wildman–Crippen MR) is 77.0 cm³/mol. The summed E-state index contributed by atoms with van der Waals surface area (Å²) in [6.07, 6.45) is 0.366. The van der Waals surface area contributed by atoms with Crippen molar-refractivity contribution in [3.63, 3.8) is 0 Å². The topological polar surface area (TPSA) is 64.8 Å². The summed E-state index contributed by atoms with van der Waals surface area (Å²) in [5.41, 5.74) is 5.33. The number of methoxy groups -OCH3 is 1. The van der Waals surface area contributed by atoms with E-state index in [0.29, 0.717) is 37.6 Å². The van der Waals surface area contributed by atoms with Gasteiger partial charge in [0, 0.05) is 20.0 Å². The Bertz CT molecular complexity index is 388. The molecule has 5 nitrogen and oxygen atoms in total. The van der Waals surface area contributed by atoms with E-state index in [9.17, 15) is 4.79 Å². The lowest BCUT2D eigenvalue weighted by Crippen LogP contribution is -2.32. The highest BCUT2D eigenvalue weighted by Crippen LogP contribution is 2.25. The highest BCUT2D eigenvalue weighted by Gasteiger charge is 2.08. The quantitative estimate of drug-likeness (QED) is 0.821. The lowest BCUT2D eigenvalue weighted by molar-refractivity contribution is -0.130. The van der Waals surface area contributed by atoms with Crippen molar-refractivity contribution in [3.05, 3.63) is 24.3 Å². The van der Waals surface area contributed by atoms with Crippen LogP contribution < -0.4 is 15.2 Å². The Morgan fingerprint density at radius 2 is 1.95 bits per heavy atom. The minimum Gasteiger partial charge on any atom is -0.493 e. The highest BCUT2D eigenvalue weighted by atomic mass is 35.5. The van der Waals surface area contributed by atoms with Gasteiger partial charge in [0.05, 0.1) is 13.7 Å². The largest absolute Gasteiger partial charge is 0.493 e. The molecule has 19 heavy (non-hydrogen) atoms. The fraction of sp³-hybridized carbons (Fsp3) is 0.462. The first-order chi connectivity index (χ1) is 8.69. The second kappa shape index (κ2) is 9.47. The van der Waals surface area contributed by atoms with Crippen molar-refractivity contribution in [2.45, 2.75) is 6.42 Å².